The van der Waals surface area contributed by atoms with Gasteiger partial charge in [0.2, 0.25) is 17.4 Å². The summed E-state index contributed by atoms with van der Waals surface area (Å²) < 4.78 is 45.6. The second-order valence-electron chi connectivity index (χ2n) is 12.8. The smallest absolute Gasteiger partial charge is 0.471 e. The van der Waals surface area contributed by atoms with E-state index in [-0.39, 0.29) is 37.6 Å². The van der Waals surface area contributed by atoms with Crippen molar-refractivity contribution in [2.75, 3.05) is 13.6 Å². The minimum atomic E-state index is -5.17. The average Bonchev–Trinajstić information content (AvgIpc) is 3.88. The number of likely N-dealkylation sites (tertiary alicyclic amines) is 1. The second kappa shape index (κ2) is 11.0. The van der Waals surface area contributed by atoms with Gasteiger partial charge in [0.25, 0.3) is 5.91 Å². The maximum Gasteiger partial charge on any atom is 0.471 e. The van der Waals surface area contributed by atoms with Gasteiger partial charge in [-0.2, -0.15) is 18.4 Å². The fourth-order valence-electron chi connectivity index (χ4n) is 6.08. The first-order valence-corrected chi connectivity index (χ1v) is 14.6. The molecule has 1 spiro atoms. The summed E-state index contributed by atoms with van der Waals surface area (Å²) in [4.78, 5) is 55.6. The van der Waals surface area contributed by atoms with Gasteiger partial charge in [-0.3, -0.25) is 19.2 Å². The molecule has 0 radical (unpaired) electrons. The van der Waals surface area contributed by atoms with Crippen molar-refractivity contribution in [3.8, 4) is 11.8 Å². The van der Waals surface area contributed by atoms with Crippen molar-refractivity contribution >= 4 is 23.6 Å². The van der Waals surface area contributed by atoms with Crippen molar-refractivity contribution < 1.29 is 37.1 Å². The Balaban J connectivity index is 1.41. The van der Waals surface area contributed by atoms with Gasteiger partial charge in [-0.05, 0) is 44.6 Å². The van der Waals surface area contributed by atoms with Gasteiger partial charge in [-0.15, -0.1) is 0 Å². The summed E-state index contributed by atoms with van der Waals surface area (Å²) >= 11 is 0. The Morgan fingerprint density at radius 3 is 2.40 bits per heavy atom. The first kappa shape index (κ1) is 30.6. The quantitative estimate of drug-likeness (QED) is 0.470. The molecule has 1 aromatic carbocycles. The van der Waals surface area contributed by atoms with E-state index in [0.29, 0.717) is 5.75 Å². The number of benzene rings is 1. The number of ether oxygens (including phenoxy) is 1. The Hall–Kier alpha value is -3.82. The van der Waals surface area contributed by atoms with Gasteiger partial charge in [0.05, 0.1) is 18.2 Å². The molecule has 232 valence electrons. The molecule has 1 saturated heterocycles. The highest BCUT2D eigenvalue weighted by Gasteiger charge is 2.57. The number of likely N-dealkylation sites (N-methyl/N-ethyl adjacent to an activating group) is 1. The monoisotopic (exact) mass is 603 g/mol. The third kappa shape index (κ3) is 6.28. The second-order valence-corrected chi connectivity index (χ2v) is 12.8. The number of nitrogens with zero attached hydrogens (tertiary/aromatic N) is 3. The molecule has 2 aliphatic heterocycles. The standard InChI is InChI=1S/C30H36F3N5O5/c1-28(2)20-6-4-5-7-23(20)43-29(26(41)36-28)14-19(15-34)38(16-29)25(40)22(13-18-10-11-18)37(3)24(39)21(12-17-8-9-17)35-27(42)30(31,32)33/h4-7,17-19,21-22H,8-14,16H2,1-3H3,(H,35,42)(H,36,41). The van der Waals surface area contributed by atoms with Crippen LogP contribution in [0.2, 0.25) is 0 Å². The number of carbonyl (C=O) groups is 4. The van der Waals surface area contributed by atoms with Crippen molar-refractivity contribution in [3.05, 3.63) is 29.8 Å². The maximum absolute atomic E-state index is 14.2. The highest BCUT2D eigenvalue weighted by Crippen LogP contribution is 2.42. The van der Waals surface area contributed by atoms with Gasteiger partial charge in [-0.25, -0.2) is 0 Å². The molecule has 0 aromatic heterocycles. The molecule has 2 N–H and O–H groups in total. The molecule has 5 rings (SSSR count). The van der Waals surface area contributed by atoms with Crippen molar-refractivity contribution in [2.24, 2.45) is 11.8 Å². The van der Waals surface area contributed by atoms with Crippen molar-refractivity contribution in [2.45, 2.75) is 94.2 Å². The Morgan fingerprint density at radius 1 is 1.16 bits per heavy atom. The van der Waals surface area contributed by atoms with Crippen LogP contribution in [0.15, 0.2) is 24.3 Å². The fourth-order valence-corrected chi connectivity index (χ4v) is 6.08. The molecule has 0 bridgehead atoms. The van der Waals surface area contributed by atoms with Crippen molar-refractivity contribution in [3.63, 3.8) is 0 Å². The summed E-state index contributed by atoms with van der Waals surface area (Å²) in [5.41, 5.74) is -1.63. The number of carbonyl (C=O) groups excluding carboxylic acids is 4. The van der Waals surface area contributed by atoms with Crippen LogP contribution in [0.25, 0.3) is 0 Å². The Morgan fingerprint density at radius 2 is 1.79 bits per heavy atom. The number of para-hydroxylation sites is 1. The zero-order valence-electron chi connectivity index (χ0n) is 24.4. The molecular formula is C30H36F3N5O5. The molecule has 2 heterocycles. The van der Waals surface area contributed by atoms with Crippen LogP contribution in [0.5, 0.6) is 5.75 Å². The van der Waals surface area contributed by atoms with E-state index >= 15 is 0 Å². The van der Waals surface area contributed by atoms with Gasteiger partial charge in [0, 0.05) is 19.0 Å². The first-order valence-electron chi connectivity index (χ1n) is 14.6. The average molecular weight is 604 g/mol. The molecule has 4 aliphatic rings. The Labute approximate surface area is 247 Å². The van der Waals surface area contributed by atoms with Crippen LogP contribution in [0.1, 0.15) is 64.4 Å². The Bertz CT molecular complexity index is 1350. The van der Waals surface area contributed by atoms with Gasteiger partial charge >= 0.3 is 12.1 Å². The first-order chi connectivity index (χ1) is 20.1. The lowest BCUT2D eigenvalue weighted by Crippen LogP contribution is -2.58. The van der Waals surface area contributed by atoms with Crippen LogP contribution < -0.4 is 15.4 Å². The number of hydrogen-bond acceptors (Lipinski definition) is 6. The molecule has 4 amide bonds. The number of amides is 4. The van der Waals surface area contributed by atoms with Gasteiger partial charge in [-0.1, -0.05) is 43.9 Å². The third-order valence-electron chi connectivity index (χ3n) is 8.94. The van der Waals surface area contributed by atoms with Gasteiger partial charge in [0.1, 0.15) is 23.9 Å². The molecule has 2 saturated carbocycles. The van der Waals surface area contributed by atoms with E-state index in [0.717, 1.165) is 36.1 Å². The summed E-state index contributed by atoms with van der Waals surface area (Å²) in [6.07, 6.45) is -1.87. The zero-order chi connectivity index (χ0) is 31.3. The molecule has 4 atom stereocenters. The molecule has 43 heavy (non-hydrogen) atoms. The van der Waals surface area contributed by atoms with E-state index in [9.17, 15) is 37.6 Å². The molecule has 4 unspecified atom stereocenters. The highest BCUT2D eigenvalue weighted by molar-refractivity contribution is 5.94. The number of halogens is 3. The van der Waals surface area contributed by atoms with Crippen molar-refractivity contribution in [1.82, 2.24) is 20.4 Å². The predicted octanol–water partition coefficient (Wildman–Crippen LogP) is 2.77. The number of nitrogens with one attached hydrogen (secondary N) is 2. The lowest BCUT2D eigenvalue weighted by Gasteiger charge is -2.34. The Kier molecular flexibility index (Phi) is 7.86. The number of nitriles is 1. The fraction of sp³-hybridized carbons (Fsp3) is 0.633. The predicted molar refractivity (Wildman–Crippen MR) is 146 cm³/mol. The summed E-state index contributed by atoms with van der Waals surface area (Å²) in [5, 5.41) is 14.9. The summed E-state index contributed by atoms with van der Waals surface area (Å²) in [5.74, 6) is -3.51. The highest BCUT2D eigenvalue weighted by atomic mass is 19.4. The van der Waals surface area contributed by atoms with E-state index < -0.39 is 59.1 Å². The van der Waals surface area contributed by atoms with Crippen LogP contribution in [0.3, 0.4) is 0 Å². The van der Waals surface area contributed by atoms with E-state index in [1.165, 1.54) is 11.9 Å². The molecule has 10 nitrogen and oxygen atoms in total. The largest absolute Gasteiger partial charge is 0.475 e. The van der Waals surface area contributed by atoms with E-state index in [1.807, 2.05) is 31.3 Å². The third-order valence-corrected chi connectivity index (χ3v) is 8.94. The van der Waals surface area contributed by atoms with E-state index in [1.54, 1.807) is 12.1 Å². The van der Waals surface area contributed by atoms with E-state index in [2.05, 4.69) is 11.4 Å². The van der Waals surface area contributed by atoms with Crippen LogP contribution in [0.4, 0.5) is 13.2 Å². The SMILES string of the molecule is CN(C(=O)C(CC1CC1)NC(=O)C(F)(F)F)C(CC1CC1)C(=O)N1CC2(CC1C#N)Oc1ccccc1C(C)(C)NC2=O. The minimum Gasteiger partial charge on any atom is -0.475 e. The number of rotatable bonds is 8. The number of fused-ring (bicyclic) bond motifs is 1. The summed E-state index contributed by atoms with van der Waals surface area (Å²) in [6.45, 7) is 3.40. The van der Waals surface area contributed by atoms with Crippen LogP contribution >= 0.6 is 0 Å². The van der Waals surface area contributed by atoms with Crippen LogP contribution in [0, 0.1) is 23.2 Å². The molecule has 1 aromatic rings. The lowest BCUT2D eigenvalue weighted by molar-refractivity contribution is -0.175. The van der Waals surface area contributed by atoms with Gasteiger partial charge < -0.3 is 25.2 Å². The summed E-state index contributed by atoms with van der Waals surface area (Å²) in [6, 6.07) is 5.63. The van der Waals surface area contributed by atoms with E-state index in [4.69, 9.17) is 4.74 Å². The molecule has 13 heteroatoms. The minimum absolute atomic E-state index is 0.00732. The van der Waals surface area contributed by atoms with Crippen LogP contribution in [-0.4, -0.2) is 76.9 Å². The normalized spacial score (nSPS) is 25.8. The maximum atomic E-state index is 14.2. The number of hydrogen-bond donors (Lipinski definition) is 2. The molecular weight excluding hydrogens is 567 g/mol. The zero-order valence-corrected chi connectivity index (χ0v) is 24.4. The summed E-state index contributed by atoms with van der Waals surface area (Å²) in [7, 11) is 1.34. The molecule has 2 aliphatic carbocycles. The lowest BCUT2D eigenvalue weighted by atomic mass is 9.93. The molecule has 3 fully saturated rings. The van der Waals surface area contributed by atoms with Crippen molar-refractivity contribution in [1.29, 1.82) is 5.26 Å². The number of alkyl halides is 3. The van der Waals surface area contributed by atoms with Gasteiger partial charge in [0.15, 0.2) is 0 Å². The van der Waals surface area contributed by atoms with Crippen LogP contribution in [-0.2, 0) is 24.7 Å². The topological polar surface area (TPSA) is 132 Å².